The number of amides is 2. The summed E-state index contributed by atoms with van der Waals surface area (Å²) in [4.78, 5) is 27.2. The Hall–Kier alpha value is -2.04. The van der Waals surface area contributed by atoms with Gasteiger partial charge in [0.2, 0.25) is 11.8 Å². The standard InChI is InChI=1S/C22H26Cl2N2O2/c1-5-20(22(28)25-4)26(13-17-8-9-18(23)19(24)11-17)21(27)12-16-7-6-14(2)15(3)10-16/h6-11,20H,5,12-13H2,1-4H3,(H,25,28)/t20-/m0/s1. The molecule has 2 aromatic rings. The molecule has 2 amide bonds. The van der Waals surface area contributed by atoms with Crippen LogP contribution in [0.3, 0.4) is 0 Å². The Balaban J connectivity index is 2.32. The van der Waals surface area contributed by atoms with Crippen molar-refractivity contribution in [3.8, 4) is 0 Å². The number of carbonyl (C=O) groups is 2. The summed E-state index contributed by atoms with van der Waals surface area (Å²) in [6, 6.07) is 10.7. The monoisotopic (exact) mass is 420 g/mol. The molecule has 0 aliphatic rings. The van der Waals surface area contributed by atoms with Crippen molar-refractivity contribution < 1.29 is 9.59 Å². The minimum atomic E-state index is -0.557. The van der Waals surface area contributed by atoms with E-state index in [1.165, 1.54) is 5.56 Å². The fourth-order valence-corrected chi connectivity index (χ4v) is 3.43. The lowest BCUT2D eigenvalue weighted by atomic mass is 10.0. The lowest BCUT2D eigenvalue weighted by Crippen LogP contribution is -2.48. The molecule has 28 heavy (non-hydrogen) atoms. The van der Waals surface area contributed by atoms with Crippen molar-refractivity contribution in [1.82, 2.24) is 10.2 Å². The molecule has 0 saturated carbocycles. The van der Waals surface area contributed by atoms with Crippen molar-refractivity contribution in [1.29, 1.82) is 0 Å². The first-order chi connectivity index (χ1) is 13.3. The van der Waals surface area contributed by atoms with Crippen LogP contribution in [0.15, 0.2) is 36.4 Å². The van der Waals surface area contributed by atoms with E-state index < -0.39 is 6.04 Å². The molecular weight excluding hydrogens is 395 g/mol. The smallest absolute Gasteiger partial charge is 0.242 e. The van der Waals surface area contributed by atoms with E-state index in [0.717, 1.165) is 16.7 Å². The number of hydrogen-bond acceptors (Lipinski definition) is 2. The average Bonchev–Trinajstić information content (AvgIpc) is 2.67. The molecule has 0 heterocycles. The molecule has 2 aromatic carbocycles. The van der Waals surface area contributed by atoms with Gasteiger partial charge in [-0.1, -0.05) is 54.4 Å². The summed E-state index contributed by atoms with van der Waals surface area (Å²) >= 11 is 12.1. The van der Waals surface area contributed by atoms with Gasteiger partial charge in [0.25, 0.3) is 0 Å². The highest BCUT2D eigenvalue weighted by atomic mass is 35.5. The second kappa shape index (κ2) is 9.94. The first-order valence-electron chi connectivity index (χ1n) is 9.28. The summed E-state index contributed by atoms with van der Waals surface area (Å²) in [7, 11) is 1.58. The van der Waals surface area contributed by atoms with Gasteiger partial charge < -0.3 is 10.2 Å². The second-order valence-electron chi connectivity index (χ2n) is 6.90. The van der Waals surface area contributed by atoms with Crippen molar-refractivity contribution in [2.45, 2.75) is 46.2 Å². The molecule has 0 fully saturated rings. The van der Waals surface area contributed by atoms with Crippen LogP contribution in [-0.4, -0.2) is 29.8 Å². The summed E-state index contributed by atoms with van der Waals surface area (Å²) in [6.45, 7) is 6.24. The summed E-state index contributed by atoms with van der Waals surface area (Å²) in [6.07, 6.45) is 0.746. The molecule has 2 rings (SSSR count). The lowest BCUT2D eigenvalue weighted by molar-refractivity contribution is -0.140. The van der Waals surface area contributed by atoms with Gasteiger partial charge in [0.1, 0.15) is 6.04 Å². The number of rotatable bonds is 7. The third-order valence-electron chi connectivity index (χ3n) is 4.90. The molecule has 0 radical (unpaired) electrons. The van der Waals surface area contributed by atoms with Crippen molar-refractivity contribution in [2.75, 3.05) is 7.05 Å². The first kappa shape index (κ1) is 22.3. The topological polar surface area (TPSA) is 49.4 Å². The van der Waals surface area contributed by atoms with E-state index >= 15 is 0 Å². The van der Waals surface area contributed by atoms with Crippen LogP contribution in [0.25, 0.3) is 0 Å². The van der Waals surface area contributed by atoms with Gasteiger partial charge in [-0.25, -0.2) is 0 Å². The number of nitrogens with one attached hydrogen (secondary N) is 1. The van der Waals surface area contributed by atoms with E-state index in [4.69, 9.17) is 23.2 Å². The molecule has 1 N–H and O–H groups in total. The molecule has 0 saturated heterocycles. The van der Waals surface area contributed by atoms with Gasteiger partial charge in [-0.2, -0.15) is 0 Å². The molecular formula is C22H26Cl2N2O2. The van der Waals surface area contributed by atoms with Crippen LogP contribution < -0.4 is 5.32 Å². The Kier molecular flexibility index (Phi) is 7.90. The number of hydrogen-bond donors (Lipinski definition) is 1. The van der Waals surface area contributed by atoms with Gasteiger partial charge in [-0.3, -0.25) is 9.59 Å². The van der Waals surface area contributed by atoms with E-state index in [1.54, 1.807) is 24.1 Å². The van der Waals surface area contributed by atoms with Crippen LogP contribution in [0, 0.1) is 13.8 Å². The van der Waals surface area contributed by atoms with E-state index in [9.17, 15) is 9.59 Å². The molecule has 1 atom stereocenters. The van der Waals surface area contributed by atoms with Gasteiger partial charge in [-0.05, 0) is 54.7 Å². The minimum absolute atomic E-state index is 0.107. The van der Waals surface area contributed by atoms with Gasteiger partial charge in [-0.15, -0.1) is 0 Å². The Bertz CT molecular complexity index is 868. The number of carbonyl (C=O) groups excluding carboxylic acids is 2. The van der Waals surface area contributed by atoms with Crippen molar-refractivity contribution >= 4 is 35.0 Å². The molecule has 0 aromatic heterocycles. The maximum absolute atomic E-state index is 13.2. The molecule has 6 heteroatoms. The number of halogens is 2. The molecule has 0 spiro atoms. The first-order valence-corrected chi connectivity index (χ1v) is 10.0. The highest BCUT2D eigenvalue weighted by molar-refractivity contribution is 6.42. The minimum Gasteiger partial charge on any atom is -0.357 e. The Labute approximate surface area is 176 Å². The van der Waals surface area contributed by atoms with Crippen LogP contribution in [0.2, 0.25) is 10.0 Å². The Morgan fingerprint density at radius 2 is 1.68 bits per heavy atom. The van der Waals surface area contributed by atoms with Crippen molar-refractivity contribution in [2.24, 2.45) is 0 Å². The number of aryl methyl sites for hydroxylation is 2. The Morgan fingerprint density at radius 3 is 2.25 bits per heavy atom. The second-order valence-corrected chi connectivity index (χ2v) is 7.72. The summed E-state index contributed by atoms with van der Waals surface area (Å²) in [5.41, 5.74) is 4.07. The maximum Gasteiger partial charge on any atom is 0.242 e. The Morgan fingerprint density at radius 1 is 1.00 bits per heavy atom. The molecule has 0 bridgehead atoms. The highest BCUT2D eigenvalue weighted by Crippen LogP contribution is 2.24. The van der Waals surface area contributed by atoms with Gasteiger partial charge in [0, 0.05) is 13.6 Å². The molecule has 0 unspecified atom stereocenters. The van der Waals surface area contributed by atoms with Crippen molar-refractivity contribution in [3.63, 3.8) is 0 Å². The van der Waals surface area contributed by atoms with E-state index in [2.05, 4.69) is 5.32 Å². The van der Waals surface area contributed by atoms with Crippen LogP contribution in [0.5, 0.6) is 0 Å². The quantitative estimate of drug-likeness (QED) is 0.704. The fraction of sp³-hybridized carbons (Fsp3) is 0.364. The zero-order valence-electron chi connectivity index (χ0n) is 16.7. The molecule has 0 aliphatic carbocycles. The predicted molar refractivity (Wildman–Crippen MR) is 115 cm³/mol. The summed E-state index contributed by atoms with van der Waals surface area (Å²) < 4.78 is 0. The third kappa shape index (κ3) is 5.49. The number of benzene rings is 2. The average molecular weight is 421 g/mol. The highest BCUT2D eigenvalue weighted by Gasteiger charge is 2.28. The van der Waals surface area contributed by atoms with Gasteiger partial charge >= 0.3 is 0 Å². The van der Waals surface area contributed by atoms with E-state index in [0.29, 0.717) is 16.5 Å². The molecule has 4 nitrogen and oxygen atoms in total. The normalized spacial score (nSPS) is 11.8. The number of likely N-dealkylation sites (N-methyl/N-ethyl adjacent to an activating group) is 1. The van der Waals surface area contributed by atoms with E-state index in [-0.39, 0.29) is 24.8 Å². The van der Waals surface area contributed by atoms with Crippen LogP contribution >= 0.6 is 23.2 Å². The maximum atomic E-state index is 13.2. The van der Waals surface area contributed by atoms with Crippen LogP contribution in [-0.2, 0) is 22.6 Å². The SMILES string of the molecule is CC[C@@H](C(=O)NC)N(Cc1ccc(Cl)c(Cl)c1)C(=O)Cc1ccc(C)c(C)c1. The van der Waals surface area contributed by atoms with E-state index in [1.807, 2.05) is 45.0 Å². The molecule has 150 valence electrons. The summed E-state index contributed by atoms with van der Waals surface area (Å²) in [5.74, 6) is -0.291. The van der Waals surface area contributed by atoms with Crippen LogP contribution in [0.4, 0.5) is 0 Å². The zero-order chi connectivity index (χ0) is 20.8. The van der Waals surface area contributed by atoms with Gasteiger partial charge in [0.15, 0.2) is 0 Å². The predicted octanol–water partition coefficient (Wildman–Crippen LogP) is 4.71. The van der Waals surface area contributed by atoms with Crippen molar-refractivity contribution in [3.05, 3.63) is 68.7 Å². The summed E-state index contributed by atoms with van der Waals surface area (Å²) in [5, 5.41) is 3.54. The van der Waals surface area contributed by atoms with Gasteiger partial charge in [0.05, 0.1) is 16.5 Å². The number of nitrogens with zero attached hydrogens (tertiary/aromatic N) is 1. The van der Waals surface area contributed by atoms with Crippen LogP contribution in [0.1, 0.15) is 35.6 Å². The molecule has 0 aliphatic heterocycles. The third-order valence-corrected chi connectivity index (χ3v) is 5.63. The largest absolute Gasteiger partial charge is 0.357 e. The lowest BCUT2D eigenvalue weighted by Gasteiger charge is -2.30. The zero-order valence-corrected chi connectivity index (χ0v) is 18.2. The fourth-order valence-electron chi connectivity index (χ4n) is 3.11.